The average Bonchev–Trinajstić information content (AvgIpc) is 2.51. The fraction of sp³-hybridized carbons (Fsp3) is 0.562. The van der Waals surface area contributed by atoms with Gasteiger partial charge >= 0.3 is 5.97 Å². The number of methoxy groups -OCH3 is 2. The lowest BCUT2D eigenvalue weighted by Gasteiger charge is -2.30. The molecule has 5 nitrogen and oxygen atoms in total. The van der Waals surface area contributed by atoms with Gasteiger partial charge in [-0.05, 0) is 31.4 Å². The molecular formula is C16H26N2O3. The molecule has 1 aromatic rings. The fourth-order valence-corrected chi connectivity index (χ4v) is 2.16. The summed E-state index contributed by atoms with van der Waals surface area (Å²) in [4.78, 5) is 11.8. The number of esters is 1. The van der Waals surface area contributed by atoms with E-state index >= 15 is 0 Å². The highest BCUT2D eigenvalue weighted by atomic mass is 16.5. The van der Waals surface area contributed by atoms with Crippen molar-refractivity contribution in [1.29, 1.82) is 0 Å². The number of carbonyl (C=O) groups is 1. The summed E-state index contributed by atoms with van der Waals surface area (Å²) in [6, 6.07) is 5.79. The number of nitrogens with zero attached hydrogens (tertiary/aromatic N) is 1. The van der Waals surface area contributed by atoms with Crippen molar-refractivity contribution in [3.8, 4) is 0 Å². The van der Waals surface area contributed by atoms with Gasteiger partial charge in [0.1, 0.15) is 6.04 Å². The number of ether oxygens (including phenoxy) is 2. The largest absolute Gasteiger partial charge is 0.468 e. The van der Waals surface area contributed by atoms with Crippen LogP contribution in [0.2, 0.25) is 0 Å². The molecule has 21 heavy (non-hydrogen) atoms. The molecule has 0 aromatic heterocycles. The van der Waals surface area contributed by atoms with Crippen LogP contribution in [-0.2, 0) is 20.7 Å². The Bertz CT molecular complexity index is 463. The van der Waals surface area contributed by atoms with Gasteiger partial charge in [0.2, 0.25) is 0 Å². The Morgan fingerprint density at radius 2 is 2.10 bits per heavy atom. The van der Waals surface area contributed by atoms with Gasteiger partial charge < -0.3 is 14.9 Å². The predicted molar refractivity (Wildman–Crippen MR) is 84.2 cm³/mol. The zero-order valence-corrected chi connectivity index (χ0v) is 13.6. The van der Waals surface area contributed by atoms with Gasteiger partial charge in [-0.1, -0.05) is 25.1 Å². The third-order valence-electron chi connectivity index (χ3n) is 3.54. The van der Waals surface area contributed by atoms with Crippen LogP contribution in [-0.4, -0.2) is 44.4 Å². The molecule has 0 unspecified atom stereocenters. The molecule has 1 aromatic carbocycles. The lowest BCUT2D eigenvalue weighted by atomic mass is 10.1. The topological polar surface area (TPSA) is 50.8 Å². The smallest absolute Gasteiger partial charge is 0.324 e. The first-order valence-electron chi connectivity index (χ1n) is 7.23. The summed E-state index contributed by atoms with van der Waals surface area (Å²) in [5.41, 5.74) is 6.78. The SMILES string of the molecule is CCc1cccc(C)c1NN(CCOC)[C@@H](C)C(=O)OC. The van der Waals surface area contributed by atoms with E-state index in [9.17, 15) is 4.79 Å². The van der Waals surface area contributed by atoms with E-state index in [4.69, 9.17) is 9.47 Å². The molecule has 5 heteroatoms. The Kier molecular flexibility index (Phi) is 7.19. The molecule has 1 atom stereocenters. The average molecular weight is 294 g/mol. The maximum Gasteiger partial charge on any atom is 0.324 e. The summed E-state index contributed by atoms with van der Waals surface area (Å²) in [5, 5.41) is 1.86. The summed E-state index contributed by atoms with van der Waals surface area (Å²) >= 11 is 0. The molecule has 0 aliphatic heterocycles. The number of para-hydroxylation sites is 1. The summed E-state index contributed by atoms with van der Waals surface area (Å²) in [7, 11) is 3.05. The van der Waals surface area contributed by atoms with Crippen LogP contribution < -0.4 is 5.43 Å². The Hall–Kier alpha value is -1.59. The van der Waals surface area contributed by atoms with Crippen molar-refractivity contribution in [2.24, 2.45) is 0 Å². The molecular weight excluding hydrogens is 268 g/mol. The first-order chi connectivity index (χ1) is 10.0. The summed E-state index contributed by atoms with van der Waals surface area (Å²) < 4.78 is 9.96. The van der Waals surface area contributed by atoms with Gasteiger partial charge in [-0.3, -0.25) is 4.79 Å². The molecule has 1 rings (SSSR count). The Balaban J connectivity index is 2.98. The van der Waals surface area contributed by atoms with Gasteiger partial charge in [0.25, 0.3) is 0 Å². The van der Waals surface area contributed by atoms with Crippen LogP contribution in [0.4, 0.5) is 5.69 Å². The van der Waals surface area contributed by atoms with Crippen molar-refractivity contribution in [3.63, 3.8) is 0 Å². The molecule has 0 amide bonds. The summed E-state index contributed by atoms with van der Waals surface area (Å²) in [5.74, 6) is -0.273. The molecule has 0 saturated heterocycles. The van der Waals surface area contributed by atoms with Crippen molar-refractivity contribution in [3.05, 3.63) is 29.3 Å². The van der Waals surface area contributed by atoms with Gasteiger partial charge in [-0.25, -0.2) is 5.01 Å². The van der Waals surface area contributed by atoms with E-state index in [1.165, 1.54) is 12.7 Å². The monoisotopic (exact) mass is 294 g/mol. The lowest BCUT2D eigenvalue weighted by molar-refractivity contribution is -0.145. The summed E-state index contributed by atoms with van der Waals surface area (Å²) in [6.45, 7) is 7.10. The maximum atomic E-state index is 11.8. The van der Waals surface area contributed by atoms with E-state index in [1.54, 1.807) is 7.11 Å². The maximum absolute atomic E-state index is 11.8. The quantitative estimate of drug-likeness (QED) is 0.589. The second-order valence-corrected chi connectivity index (χ2v) is 4.96. The van der Waals surface area contributed by atoms with E-state index in [2.05, 4.69) is 31.4 Å². The van der Waals surface area contributed by atoms with Gasteiger partial charge in [0.15, 0.2) is 0 Å². The van der Waals surface area contributed by atoms with Crippen LogP contribution in [0.15, 0.2) is 18.2 Å². The number of rotatable bonds is 8. The van der Waals surface area contributed by atoms with Crippen LogP contribution in [0, 0.1) is 6.92 Å². The molecule has 1 N–H and O–H groups in total. The first-order valence-corrected chi connectivity index (χ1v) is 7.23. The number of hydrogen-bond donors (Lipinski definition) is 1. The van der Waals surface area contributed by atoms with Gasteiger partial charge in [-0.15, -0.1) is 0 Å². The van der Waals surface area contributed by atoms with Crippen LogP contribution in [0.25, 0.3) is 0 Å². The zero-order chi connectivity index (χ0) is 15.8. The molecule has 0 aliphatic carbocycles. The highest BCUT2D eigenvalue weighted by Crippen LogP contribution is 2.22. The van der Waals surface area contributed by atoms with Gasteiger partial charge in [0, 0.05) is 13.7 Å². The van der Waals surface area contributed by atoms with Crippen molar-refractivity contribution < 1.29 is 14.3 Å². The standard InChI is InChI=1S/C16H26N2O3/c1-6-14-9-7-8-12(2)15(14)17-18(10-11-20-4)13(3)16(19)21-5/h7-9,13,17H,6,10-11H2,1-5H3/t13-/m0/s1. The molecule has 0 saturated carbocycles. The Morgan fingerprint density at radius 1 is 1.38 bits per heavy atom. The van der Waals surface area contributed by atoms with E-state index in [-0.39, 0.29) is 5.97 Å². The minimum atomic E-state index is -0.394. The second kappa shape index (κ2) is 8.64. The third-order valence-corrected chi connectivity index (χ3v) is 3.54. The zero-order valence-electron chi connectivity index (χ0n) is 13.6. The fourth-order valence-electron chi connectivity index (χ4n) is 2.16. The van der Waals surface area contributed by atoms with Crippen LogP contribution in [0.1, 0.15) is 25.0 Å². The Labute approximate surface area is 127 Å². The van der Waals surface area contributed by atoms with Crippen molar-refractivity contribution in [2.45, 2.75) is 33.2 Å². The molecule has 0 radical (unpaired) electrons. The number of hydrazine groups is 1. The lowest BCUT2D eigenvalue weighted by Crippen LogP contribution is -2.45. The molecule has 0 heterocycles. The van der Waals surface area contributed by atoms with Crippen molar-refractivity contribution in [2.75, 3.05) is 32.8 Å². The van der Waals surface area contributed by atoms with E-state index in [1.807, 2.05) is 18.0 Å². The normalized spacial score (nSPS) is 12.3. The minimum Gasteiger partial charge on any atom is -0.468 e. The van der Waals surface area contributed by atoms with E-state index in [0.717, 1.165) is 17.7 Å². The minimum absolute atomic E-state index is 0.273. The van der Waals surface area contributed by atoms with Crippen LogP contribution in [0.5, 0.6) is 0 Å². The van der Waals surface area contributed by atoms with Crippen LogP contribution in [0.3, 0.4) is 0 Å². The molecule has 118 valence electrons. The van der Waals surface area contributed by atoms with E-state index < -0.39 is 6.04 Å². The number of aryl methyl sites for hydroxylation is 2. The third kappa shape index (κ3) is 4.72. The first kappa shape index (κ1) is 17.5. The number of hydrogen-bond acceptors (Lipinski definition) is 5. The highest BCUT2D eigenvalue weighted by Gasteiger charge is 2.22. The number of nitrogens with one attached hydrogen (secondary N) is 1. The molecule has 0 fully saturated rings. The molecule has 0 bridgehead atoms. The van der Waals surface area contributed by atoms with Gasteiger partial charge in [0.05, 0.1) is 19.4 Å². The van der Waals surface area contributed by atoms with Crippen LogP contribution >= 0.6 is 0 Å². The number of carbonyl (C=O) groups excluding carboxylic acids is 1. The second-order valence-electron chi connectivity index (χ2n) is 4.96. The van der Waals surface area contributed by atoms with Crippen molar-refractivity contribution in [1.82, 2.24) is 5.01 Å². The number of benzene rings is 1. The molecule has 0 aliphatic rings. The van der Waals surface area contributed by atoms with Gasteiger partial charge in [-0.2, -0.15) is 0 Å². The Morgan fingerprint density at radius 3 is 2.67 bits per heavy atom. The van der Waals surface area contributed by atoms with E-state index in [0.29, 0.717) is 13.2 Å². The highest BCUT2D eigenvalue weighted by molar-refractivity contribution is 5.75. The molecule has 0 spiro atoms. The predicted octanol–water partition coefficient (Wildman–Crippen LogP) is 2.39. The summed E-state index contributed by atoms with van der Waals surface area (Å²) in [6.07, 6.45) is 0.925. The number of anilines is 1. The van der Waals surface area contributed by atoms with Crippen molar-refractivity contribution >= 4 is 11.7 Å².